The maximum absolute atomic E-state index is 5.67. The average molecular weight is 226 g/mol. The molecule has 1 rings (SSSR count). The van der Waals surface area contributed by atoms with Crippen LogP contribution in [0.4, 0.5) is 11.6 Å². The first-order valence-corrected chi connectivity index (χ1v) is 6.05. The van der Waals surface area contributed by atoms with E-state index in [4.69, 9.17) is 5.73 Å². The van der Waals surface area contributed by atoms with Gasteiger partial charge in [0, 0.05) is 12.6 Å². The SMILES string of the molecule is CSc1nc(N)cc(NCC(C)(C)C)n1. The Balaban J connectivity index is 2.73. The van der Waals surface area contributed by atoms with Crippen molar-refractivity contribution >= 4 is 23.4 Å². The number of nitrogens with zero attached hydrogens (tertiary/aromatic N) is 2. The van der Waals surface area contributed by atoms with E-state index in [2.05, 4.69) is 36.1 Å². The van der Waals surface area contributed by atoms with E-state index in [1.54, 1.807) is 6.07 Å². The van der Waals surface area contributed by atoms with Gasteiger partial charge in [-0.1, -0.05) is 32.5 Å². The lowest BCUT2D eigenvalue weighted by Gasteiger charge is -2.19. The molecule has 0 aliphatic heterocycles. The maximum atomic E-state index is 5.67. The lowest BCUT2D eigenvalue weighted by atomic mass is 9.97. The number of aromatic nitrogens is 2. The number of anilines is 2. The second-order valence-electron chi connectivity index (χ2n) is 4.58. The molecule has 84 valence electrons. The summed E-state index contributed by atoms with van der Waals surface area (Å²) in [6, 6.07) is 1.76. The van der Waals surface area contributed by atoms with Crippen LogP contribution in [0.15, 0.2) is 11.2 Å². The minimum atomic E-state index is 0.221. The van der Waals surface area contributed by atoms with Gasteiger partial charge in [0.05, 0.1) is 0 Å². The Bertz CT molecular complexity index is 333. The van der Waals surface area contributed by atoms with Crippen molar-refractivity contribution in [3.05, 3.63) is 6.07 Å². The van der Waals surface area contributed by atoms with Gasteiger partial charge in [-0.25, -0.2) is 9.97 Å². The molecule has 0 fully saturated rings. The normalized spacial score (nSPS) is 11.5. The van der Waals surface area contributed by atoms with Crippen LogP contribution in [0.2, 0.25) is 0 Å². The van der Waals surface area contributed by atoms with E-state index in [1.807, 2.05) is 6.26 Å². The number of nitrogens with one attached hydrogen (secondary N) is 1. The van der Waals surface area contributed by atoms with E-state index in [1.165, 1.54) is 11.8 Å². The summed E-state index contributed by atoms with van der Waals surface area (Å²) in [5, 5.41) is 3.96. The molecule has 3 N–H and O–H groups in total. The fourth-order valence-corrected chi connectivity index (χ4v) is 1.37. The third-order valence-electron chi connectivity index (χ3n) is 1.71. The summed E-state index contributed by atoms with van der Waals surface area (Å²) in [7, 11) is 0. The molecule has 0 aliphatic rings. The molecule has 0 saturated heterocycles. The van der Waals surface area contributed by atoms with Crippen LogP contribution in [-0.4, -0.2) is 22.8 Å². The summed E-state index contributed by atoms with van der Waals surface area (Å²) >= 11 is 1.49. The highest BCUT2D eigenvalue weighted by atomic mass is 32.2. The van der Waals surface area contributed by atoms with Crippen molar-refractivity contribution in [3.63, 3.8) is 0 Å². The second-order valence-corrected chi connectivity index (χ2v) is 5.35. The monoisotopic (exact) mass is 226 g/mol. The van der Waals surface area contributed by atoms with Gasteiger partial charge in [-0.3, -0.25) is 0 Å². The van der Waals surface area contributed by atoms with E-state index >= 15 is 0 Å². The van der Waals surface area contributed by atoms with Crippen molar-refractivity contribution in [2.45, 2.75) is 25.9 Å². The molecule has 1 aromatic heterocycles. The van der Waals surface area contributed by atoms with Crippen LogP contribution in [0.25, 0.3) is 0 Å². The third-order valence-corrected chi connectivity index (χ3v) is 2.26. The van der Waals surface area contributed by atoms with Crippen molar-refractivity contribution in [1.29, 1.82) is 0 Å². The number of thioether (sulfide) groups is 1. The topological polar surface area (TPSA) is 63.8 Å². The number of hydrogen-bond donors (Lipinski definition) is 2. The van der Waals surface area contributed by atoms with Crippen LogP contribution in [0.3, 0.4) is 0 Å². The Labute approximate surface area is 95.1 Å². The van der Waals surface area contributed by atoms with Gasteiger partial charge >= 0.3 is 0 Å². The van der Waals surface area contributed by atoms with E-state index in [0.717, 1.165) is 12.4 Å². The summed E-state index contributed by atoms with van der Waals surface area (Å²) in [5.74, 6) is 1.30. The molecule has 15 heavy (non-hydrogen) atoms. The Hall–Kier alpha value is -0.970. The van der Waals surface area contributed by atoms with Crippen molar-refractivity contribution in [2.24, 2.45) is 5.41 Å². The molecular formula is C10H18N4S. The summed E-state index contributed by atoms with van der Waals surface area (Å²) in [6.45, 7) is 7.36. The van der Waals surface area contributed by atoms with Gasteiger partial charge in [-0.15, -0.1) is 0 Å². The summed E-state index contributed by atoms with van der Waals surface area (Å²) in [5.41, 5.74) is 5.89. The Morgan fingerprint density at radius 2 is 2.07 bits per heavy atom. The van der Waals surface area contributed by atoms with Crippen LogP contribution in [0, 0.1) is 5.41 Å². The summed E-state index contributed by atoms with van der Waals surface area (Å²) < 4.78 is 0. The molecule has 4 nitrogen and oxygen atoms in total. The third kappa shape index (κ3) is 4.38. The predicted octanol–water partition coefficient (Wildman–Crippen LogP) is 2.24. The van der Waals surface area contributed by atoms with Gasteiger partial charge in [0.1, 0.15) is 11.6 Å². The van der Waals surface area contributed by atoms with E-state index in [9.17, 15) is 0 Å². The van der Waals surface area contributed by atoms with Crippen LogP contribution in [0.5, 0.6) is 0 Å². The van der Waals surface area contributed by atoms with Gasteiger partial charge in [0.15, 0.2) is 5.16 Å². The average Bonchev–Trinajstić information content (AvgIpc) is 2.13. The molecule has 0 saturated carbocycles. The number of rotatable bonds is 3. The first-order chi connectivity index (χ1) is 6.90. The van der Waals surface area contributed by atoms with Crippen LogP contribution in [-0.2, 0) is 0 Å². The summed E-state index contributed by atoms with van der Waals surface area (Å²) in [6.07, 6.45) is 1.93. The van der Waals surface area contributed by atoms with E-state index < -0.39 is 0 Å². The lowest BCUT2D eigenvalue weighted by molar-refractivity contribution is 0.442. The predicted molar refractivity (Wildman–Crippen MR) is 66.2 cm³/mol. The molecule has 0 aromatic carbocycles. The quantitative estimate of drug-likeness (QED) is 0.611. The lowest BCUT2D eigenvalue weighted by Crippen LogP contribution is -2.19. The van der Waals surface area contributed by atoms with Crippen molar-refractivity contribution in [1.82, 2.24) is 9.97 Å². The molecule has 0 bridgehead atoms. The highest BCUT2D eigenvalue weighted by Crippen LogP contribution is 2.18. The zero-order valence-electron chi connectivity index (χ0n) is 9.66. The highest BCUT2D eigenvalue weighted by Gasteiger charge is 2.10. The molecular weight excluding hydrogens is 208 g/mol. The second kappa shape index (κ2) is 4.70. The minimum Gasteiger partial charge on any atom is -0.383 e. The van der Waals surface area contributed by atoms with Gasteiger partial charge in [0.25, 0.3) is 0 Å². The Morgan fingerprint density at radius 3 is 2.60 bits per heavy atom. The molecule has 0 atom stereocenters. The summed E-state index contributed by atoms with van der Waals surface area (Å²) in [4.78, 5) is 8.40. The largest absolute Gasteiger partial charge is 0.383 e. The van der Waals surface area contributed by atoms with Crippen LogP contribution < -0.4 is 11.1 Å². The molecule has 5 heteroatoms. The van der Waals surface area contributed by atoms with Gasteiger partial charge in [0.2, 0.25) is 0 Å². The number of nitrogens with two attached hydrogens (primary N) is 1. The van der Waals surface area contributed by atoms with Crippen LogP contribution in [0.1, 0.15) is 20.8 Å². The fourth-order valence-electron chi connectivity index (χ4n) is 0.981. The van der Waals surface area contributed by atoms with Crippen molar-refractivity contribution < 1.29 is 0 Å². The zero-order chi connectivity index (χ0) is 11.5. The molecule has 1 aromatic rings. The smallest absolute Gasteiger partial charge is 0.191 e. The van der Waals surface area contributed by atoms with Gasteiger partial charge < -0.3 is 11.1 Å². The first-order valence-electron chi connectivity index (χ1n) is 4.83. The van der Waals surface area contributed by atoms with Crippen molar-refractivity contribution in [2.75, 3.05) is 23.9 Å². The van der Waals surface area contributed by atoms with Crippen LogP contribution >= 0.6 is 11.8 Å². The Kier molecular flexibility index (Phi) is 3.79. The van der Waals surface area contributed by atoms with E-state index in [-0.39, 0.29) is 5.41 Å². The fraction of sp³-hybridized carbons (Fsp3) is 0.600. The van der Waals surface area contributed by atoms with Gasteiger partial charge in [-0.2, -0.15) is 0 Å². The highest BCUT2D eigenvalue weighted by molar-refractivity contribution is 7.98. The molecule has 0 spiro atoms. The maximum Gasteiger partial charge on any atom is 0.191 e. The standard InChI is InChI=1S/C10H18N4S/c1-10(2,3)6-12-8-5-7(11)13-9(14-8)15-4/h5H,6H2,1-4H3,(H3,11,12,13,14). The van der Waals surface area contributed by atoms with Crippen molar-refractivity contribution in [3.8, 4) is 0 Å². The molecule has 0 unspecified atom stereocenters. The van der Waals surface area contributed by atoms with E-state index in [0.29, 0.717) is 11.0 Å². The first kappa shape index (κ1) is 12.1. The number of hydrogen-bond acceptors (Lipinski definition) is 5. The molecule has 0 radical (unpaired) electrons. The molecule has 0 aliphatic carbocycles. The molecule has 0 amide bonds. The molecule has 1 heterocycles. The zero-order valence-corrected chi connectivity index (χ0v) is 10.5. The number of nitrogen functional groups attached to an aromatic ring is 1. The van der Waals surface area contributed by atoms with Gasteiger partial charge in [-0.05, 0) is 11.7 Å². The Morgan fingerprint density at radius 1 is 1.40 bits per heavy atom. The minimum absolute atomic E-state index is 0.221.